The molecule has 1 N–H and O–H groups in total. The molecule has 0 unspecified atom stereocenters. The normalized spacial score (nSPS) is 11.5. The van der Waals surface area contributed by atoms with Crippen molar-refractivity contribution in [3.05, 3.63) is 75.4 Å². The number of rotatable bonds is 4. The lowest BCUT2D eigenvalue weighted by Crippen LogP contribution is -2.17. The number of nitriles is 1. The maximum absolute atomic E-state index is 13.2. The van der Waals surface area contributed by atoms with Crippen molar-refractivity contribution in [3.8, 4) is 17.3 Å². The zero-order valence-corrected chi connectivity index (χ0v) is 20.7. The minimum atomic E-state index is -0.166. The molecule has 0 bridgehead atoms. The van der Waals surface area contributed by atoms with Crippen molar-refractivity contribution in [1.82, 2.24) is 9.38 Å². The lowest BCUT2D eigenvalue weighted by molar-refractivity contribution is -0.115. The number of nitrogens with one attached hydrogen (secondary N) is 1. The van der Waals surface area contributed by atoms with Gasteiger partial charge in [-0.2, -0.15) is 5.26 Å². The van der Waals surface area contributed by atoms with Crippen molar-refractivity contribution >= 4 is 27.9 Å². The number of benzene rings is 1. The van der Waals surface area contributed by atoms with Crippen LogP contribution in [0.2, 0.25) is 0 Å². The largest absolute Gasteiger partial charge is 0.316 e. The zero-order chi connectivity index (χ0) is 23.9. The standard InChI is InChI=1S/C27H28N4OS/c1-16-9-10-31-22(25(29-23(31)11-16)19-8-7-17(2)18(3)12-19)13-24(32)30-26-20(14-28)21(15-33-26)27(4,5)6/h7-12,15H,13H2,1-6H3,(H,30,32). The van der Waals surface area contributed by atoms with Crippen molar-refractivity contribution in [2.24, 2.45) is 0 Å². The van der Waals surface area contributed by atoms with Gasteiger partial charge in [0, 0.05) is 11.8 Å². The molecule has 0 radical (unpaired) electrons. The average molecular weight is 457 g/mol. The van der Waals surface area contributed by atoms with E-state index in [4.69, 9.17) is 4.98 Å². The van der Waals surface area contributed by atoms with Crippen molar-refractivity contribution in [2.75, 3.05) is 5.32 Å². The van der Waals surface area contributed by atoms with Gasteiger partial charge in [0.05, 0.1) is 23.4 Å². The number of hydrogen-bond acceptors (Lipinski definition) is 4. The summed E-state index contributed by atoms with van der Waals surface area (Å²) in [6.07, 6.45) is 2.12. The number of carbonyl (C=O) groups is 1. The Kier molecular flexibility index (Phi) is 5.85. The Bertz CT molecular complexity index is 1410. The van der Waals surface area contributed by atoms with E-state index in [0.29, 0.717) is 10.6 Å². The number of thiophene rings is 1. The molecule has 0 aliphatic carbocycles. The minimum absolute atomic E-state index is 0.153. The summed E-state index contributed by atoms with van der Waals surface area (Å²) in [6.45, 7) is 12.4. The molecule has 6 heteroatoms. The van der Waals surface area contributed by atoms with E-state index in [2.05, 4.69) is 64.2 Å². The van der Waals surface area contributed by atoms with Crippen LogP contribution < -0.4 is 5.32 Å². The van der Waals surface area contributed by atoms with Crippen LogP contribution in [0.3, 0.4) is 0 Å². The summed E-state index contributed by atoms with van der Waals surface area (Å²) in [5, 5.41) is 15.3. The van der Waals surface area contributed by atoms with Crippen LogP contribution in [0.5, 0.6) is 0 Å². The third-order valence-corrected chi connectivity index (χ3v) is 6.85. The van der Waals surface area contributed by atoms with E-state index < -0.39 is 0 Å². The first kappa shape index (κ1) is 22.8. The molecule has 1 aromatic carbocycles. The number of hydrogen-bond donors (Lipinski definition) is 1. The number of nitrogens with zero attached hydrogens (tertiary/aromatic N) is 3. The van der Waals surface area contributed by atoms with Crippen molar-refractivity contribution in [3.63, 3.8) is 0 Å². The van der Waals surface area contributed by atoms with Crippen LogP contribution in [-0.4, -0.2) is 15.3 Å². The molecule has 4 aromatic rings. The minimum Gasteiger partial charge on any atom is -0.316 e. The number of aryl methyl sites for hydroxylation is 3. The van der Waals surface area contributed by atoms with Crippen molar-refractivity contribution < 1.29 is 4.79 Å². The third-order valence-electron chi connectivity index (χ3n) is 5.95. The van der Waals surface area contributed by atoms with Crippen LogP contribution in [0.15, 0.2) is 41.9 Å². The van der Waals surface area contributed by atoms with E-state index >= 15 is 0 Å². The summed E-state index contributed by atoms with van der Waals surface area (Å²) in [7, 11) is 0. The average Bonchev–Trinajstić information content (AvgIpc) is 3.31. The molecule has 0 atom stereocenters. The number of pyridine rings is 1. The lowest BCUT2D eigenvalue weighted by Gasteiger charge is -2.17. The van der Waals surface area contributed by atoms with Gasteiger partial charge in [-0.1, -0.05) is 32.9 Å². The Morgan fingerprint density at radius 3 is 2.58 bits per heavy atom. The van der Waals surface area contributed by atoms with Crippen LogP contribution in [0, 0.1) is 32.1 Å². The Morgan fingerprint density at radius 1 is 1.15 bits per heavy atom. The maximum Gasteiger partial charge on any atom is 0.231 e. The molecule has 0 spiro atoms. The Labute approximate surface area is 198 Å². The van der Waals surface area contributed by atoms with Crippen LogP contribution in [0.4, 0.5) is 5.00 Å². The third kappa shape index (κ3) is 4.42. The number of anilines is 1. The van der Waals surface area contributed by atoms with E-state index in [1.165, 1.54) is 22.5 Å². The van der Waals surface area contributed by atoms with Gasteiger partial charge in [0.1, 0.15) is 16.7 Å². The molecule has 3 aromatic heterocycles. The maximum atomic E-state index is 13.2. The molecule has 3 heterocycles. The van der Waals surface area contributed by atoms with Gasteiger partial charge in [-0.15, -0.1) is 11.3 Å². The SMILES string of the molecule is Cc1ccn2c(CC(=O)Nc3scc(C(C)(C)C)c3C#N)c(-c3ccc(C)c(C)c3)nc2c1. The van der Waals surface area contributed by atoms with Gasteiger partial charge in [0.25, 0.3) is 0 Å². The second-order valence-electron chi connectivity index (χ2n) is 9.58. The second kappa shape index (κ2) is 8.49. The summed E-state index contributed by atoms with van der Waals surface area (Å²) >= 11 is 1.40. The van der Waals surface area contributed by atoms with Crippen LogP contribution in [0.1, 0.15) is 54.3 Å². The summed E-state index contributed by atoms with van der Waals surface area (Å²) in [5.41, 5.74) is 8.29. The van der Waals surface area contributed by atoms with Gasteiger partial charge in [-0.3, -0.25) is 4.79 Å². The highest BCUT2D eigenvalue weighted by molar-refractivity contribution is 7.14. The molecule has 0 aliphatic rings. The van der Waals surface area contributed by atoms with E-state index in [0.717, 1.165) is 33.7 Å². The van der Waals surface area contributed by atoms with E-state index in [9.17, 15) is 10.1 Å². The monoisotopic (exact) mass is 456 g/mol. The summed E-state index contributed by atoms with van der Waals surface area (Å²) in [5.74, 6) is -0.165. The van der Waals surface area contributed by atoms with Crippen LogP contribution in [0.25, 0.3) is 16.9 Å². The summed E-state index contributed by atoms with van der Waals surface area (Å²) in [4.78, 5) is 18.0. The number of carbonyl (C=O) groups excluding carboxylic acids is 1. The van der Waals surface area contributed by atoms with Crippen LogP contribution in [-0.2, 0) is 16.6 Å². The molecule has 0 aliphatic heterocycles. The predicted octanol–water partition coefficient (Wildman–Crippen LogP) is 6.34. The van der Waals surface area contributed by atoms with Crippen LogP contribution >= 0.6 is 11.3 Å². The lowest BCUT2D eigenvalue weighted by atomic mass is 9.86. The molecule has 0 fully saturated rings. The smallest absolute Gasteiger partial charge is 0.231 e. The van der Waals surface area contributed by atoms with Gasteiger partial charge in [-0.05, 0) is 72.0 Å². The molecule has 168 valence electrons. The highest BCUT2D eigenvalue weighted by atomic mass is 32.1. The van der Waals surface area contributed by atoms with Gasteiger partial charge >= 0.3 is 0 Å². The van der Waals surface area contributed by atoms with Crippen molar-refractivity contribution in [2.45, 2.75) is 53.4 Å². The van der Waals surface area contributed by atoms with Gasteiger partial charge in [0.15, 0.2) is 0 Å². The Balaban J connectivity index is 1.73. The fourth-order valence-electron chi connectivity index (χ4n) is 3.92. The highest BCUT2D eigenvalue weighted by Gasteiger charge is 2.24. The second-order valence-corrected chi connectivity index (χ2v) is 10.5. The first-order valence-electron chi connectivity index (χ1n) is 11.0. The quantitative estimate of drug-likeness (QED) is 0.390. The fourth-order valence-corrected chi connectivity index (χ4v) is 5.08. The first-order valence-corrected chi connectivity index (χ1v) is 11.8. The number of aromatic nitrogens is 2. The molecule has 0 saturated carbocycles. The molecule has 0 saturated heterocycles. The van der Waals surface area contributed by atoms with E-state index in [1.54, 1.807) is 0 Å². The highest BCUT2D eigenvalue weighted by Crippen LogP contribution is 2.36. The predicted molar refractivity (Wildman–Crippen MR) is 135 cm³/mol. The molecule has 5 nitrogen and oxygen atoms in total. The Morgan fingerprint density at radius 2 is 1.91 bits per heavy atom. The molecular weight excluding hydrogens is 428 g/mol. The van der Waals surface area contributed by atoms with Gasteiger partial charge in [-0.25, -0.2) is 4.98 Å². The number of imidazole rings is 1. The number of fused-ring (bicyclic) bond motifs is 1. The summed E-state index contributed by atoms with van der Waals surface area (Å²) < 4.78 is 1.98. The zero-order valence-electron chi connectivity index (χ0n) is 19.9. The molecule has 1 amide bonds. The summed E-state index contributed by atoms with van der Waals surface area (Å²) in [6, 6.07) is 12.6. The van der Waals surface area contributed by atoms with Gasteiger partial charge < -0.3 is 9.72 Å². The fraction of sp³-hybridized carbons (Fsp3) is 0.296. The first-order chi connectivity index (χ1) is 15.6. The molecule has 33 heavy (non-hydrogen) atoms. The Hall–Kier alpha value is -3.43. The molecular formula is C27H28N4OS. The van der Waals surface area contributed by atoms with E-state index in [1.807, 2.05) is 35.0 Å². The van der Waals surface area contributed by atoms with E-state index in [-0.39, 0.29) is 17.7 Å². The number of amides is 1. The molecule has 4 rings (SSSR count). The van der Waals surface area contributed by atoms with Crippen molar-refractivity contribution in [1.29, 1.82) is 5.26 Å². The van der Waals surface area contributed by atoms with Gasteiger partial charge in [0.2, 0.25) is 5.91 Å². The topological polar surface area (TPSA) is 70.2 Å².